The molecule has 34 heavy (non-hydrogen) atoms. The molecule has 1 N–H and O–H groups in total. The summed E-state index contributed by atoms with van der Waals surface area (Å²) in [6.07, 6.45) is 0.578. The molecule has 0 saturated heterocycles. The summed E-state index contributed by atoms with van der Waals surface area (Å²) in [5.74, 6) is 1.58. The highest BCUT2D eigenvalue weighted by Crippen LogP contribution is 2.53. The van der Waals surface area contributed by atoms with Crippen LogP contribution in [0.25, 0.3) is 0 Å². The Morgan fingerprint density at radius 1 is 0.971 bits per heavy atom. The maximum atomic E-state index is 14.0. The van der Waals surface area contributed by atoms with Gasteiger partial charge in [-0.15, -0.1) is 0 Å². The van der Waals surface area contributed by atoms with Gasteiger partial charge in [0.05, 0.1) is 27.4 Å². The van der Waals surface area contributed by atoms with Gasteiger partial charge in [-0.3, -0.25) is 4.79 Å². The van der Waals surface area contributed by atoms with Crippen LogP contribution in [0.5, 0.6) is 17.2 Å². The highest BCUT2D eigenvalue weighted by molar-refractivity contribution is 6.30. The Morgan fingerprint density at radius 2 is 1.59 bits per heavy atom. The topological polar surface area (TPSA) is 60.0 Å². The van der Waals surface area contributed by atoms with Crippen molar-refractivity contribution in [1.82, 2.24) is 0 Å². The number of halogens is 1. The summed E-state index contributed by atoms with van der Waals surface area (Å²) >= 11 is 6.13. The van der Waals surface area contributed by atoms with Gasteiger partial charge in [-0.25, -0.2) is 0 Å². The van der Waals surface area contributed by atoms with Gasteiger partial charge >= 0.3 is 0 Å². The molecule has 1 aliphatic heterocycles. The van der Waals surface area contributed by atoms with Crippen LogP contribution in [-0.4, -0.2) is 34.3 Å². The van der Waals surface area contributed by atoms with Gasteiger partial charge in [-0.2, -0.15) is 0 Å². The number of likely N-dealkylation sites (N-methyl/N-ethyl adjacent to an activating group) is 1. The van der Waals surface area contributed by atoms with Gasteiger partial charge in [0, 0.05) is 23.4 Å². The van der Waals surface area contributed by atoms with Gasteiger partial charge in [-0.05, 0) is 60.0 Å². The zero-order chi connectivity index (χ0) is 24.5. The van der Waals surface area contributed by atoms with Crippen LogP contribution in [0.4, 0.5) is 11.4 Å². The van der Waals surface area contributed by atoms with Crippen LogP contribution in [0.2, 0.25) is 5.02 Å². The first-order chi connectivity index (χ1) is 16.4. The number of methoxy groups -OCH3 is 3. The zero-order valence-corrected chi connectivity index (χ0v) is 20.8. The molecule has 3 aromatic rings. The van der Waals surface area contributed by atoms with Gasteiger partial charge in [0.2, 0.25) is 11.7 Å². The largest absolute Gasteiger partial charge is 0.493 e. The van der Waals surface area contributed by atoms with E-state index >= 15 is 0 Å². The number of amides is 1. The normalized spacial score (nSPS) is 17.8. The second kappa shape index (κ2) is 9.47. The standard InChI is InChI=1S/C27H29ClN2O4/c1-6-27(20-9-7-8-10-21(20)30(2)26(27)31)25(29-19-13-11-18(28)12-14-19)17-15-22(32-3)24(34-5)23(16-17)33-4/h7-16,25,29H,6H2,1-5H3/t25-,27+/m0/s1. The third kappa shape index (κ3) is 3.72. The first kappa shape index (κ1) is 23.8. The maximum absolute atomic E-state index is 14.0. The molecule has 7 heteroatoms. The molecule has 0 radical (unpaired) electrons. The predicted octanol–water partition coefficient (Wildman–Crippen LogP) is 5.84. The Balaban J connectivity index is 1.98. The number of nitrogens with one attached hydrogen (secondary N) is 1. The zero-order valence-electron chi connectivity index (χ0n) is 20.0. The van der Waals surface area contributed by atoms with E-state index in [0.29, 0.717) is 28.7 Å². The van der Waals surface area contributed by atoms with E-state index in [1.807, 2.05) is 74.6 Å². The van der Waals surface area contributed by atoms with Crippen molar-refractivity contribution < 1.29 is 19.0 Å². The van der Waals surface area contributed by atoms with Crippen molar-refractivity contribution in [3.8, 4) is 17.2 Å². The fraction of sp³-hybridized carbons (Fsp3) is 0.296. The molecule has 4 rings (SSSR count). The van der Waals surface area contributed by atoms with E-state index in [-0.39, 0.29) is 5.91 Å². The molecule has 0 fully saturated rings. The molecule has 0 bridgehead atoms. The number of hydrogen-bond donors (Lipinski definition) is 1. The minimum atomic E-state index is -0.865. The molecule has 1 aliphatic rings. The Morgan fingerprint density at radius 3 is 2.15 bits per heavy atom. The summed E-state index contributed by atoms with van der Waals surface area (Å²) in [5, 5.41) is 4.27. The van der Waals surface area contributed by atoms with Crippen molar-refractivity contribution in [3.63, 3.8) is 0 Å². The van der Waals surface area contributed by atoms with Crippen molar-refractivity contribution >= 4 is 28.9 Å². The summed E-state index contributed by atoms with van der Waals surface area (Å²) in [7, 11) is 6.57. The molecule has 6 nitrogen and oxygen atoms in total. The molecule has 0 aromatic heterocycles. The van der Waals surface area contributed by atoms with Crippen LogP contribution in [0.15, 0.2) is 60.7 Å². The van der Waals surface area contributed by atoms with Crippen LogP contribution >= 0.6 is 11.6 Å². The lowest BCUT2D eigenvalue weighted by atomic mass is 9.70. The smallest absolute Gasteiger partial charge is 0.239 e. The fourth-order valence-electron chi connectivity index (χ4n) is 4.96. The van der Waals surface area contributed by atoms with E-state index in [1.54, 1.807) is 26.2 Å². The Hall–Kier alpha value is -3.38. The van der Waals surface area contributed by atoms with E-state index in [4.69, 9.17) is 25.8 Å². The number of ether oxygens (including phenoxy) is 3. The molecule has 178 valence electrons. The lowest BCUT2D eigenvalue weighted by Crippen LogP contribution is -2.45. The van der Waals surface area contributed by atoms with Gasteiger partial charge in [0.15, 0.2) is 11.5 Å². The number of hydrogen-bond acceptors (Lipinski definition) is 5. The summed E-state index contributed by atoms with van der Waals surface area (Å²) in [6, 6.07) is 18.8. The molecule has 0 spiro atoms. The number of rotatable bonds is 8. The lowest BCUT2D eigenvalue weighted by molar-refractivity contribution is -0.123. The van der Waals surface area contributed by atoms with Crippen LogP contribution in [0, 0.1) is 0 Å². The summed E-state index contributed by atoms with van der Waals surface area (Å²) < 4.78 is 16.8. The average Bonchev–Trinajstić information content (AvgIpc) is 3.09. The Labute approximate surface area is 205 Å². The molecule has 0 saturated carbocycles. The van der Waals surface area contributed by atoms with Crippen molar-refractivity contribution in [2.24, 2.45) is 0 Å². The average molecular weight is 481 g/mol. The minimum Gasteiger partial charge on any atom is -0.493 e. The van der Waals surface area contributed by atoms with Gasteiger partial charge in [0.25, 0.3) is 0 Å². The van der Waals surface area contributed by atoms with Crippen LogP contribution < -0.4 is 24.4 Å². The van der Waals surface area contributed by atoms with Gasteiger partial charge in [-0.1, -0.05) is 36.7 Å². The van der Waals surface area contributed by atoms with Crippen LogP contribution in [0.3, 0.4) is 0 Å². The minimum absolute atomic E-state index is 0.0245. The lowest BCUT2D eigenvalue weighted by Gasteiger charge is -2.37. The van der Waals surface area contributed by atoms with Gasteiger partial charge in [0.1, 0.15) is 5.41 Å². The number of fused-ring (bicyclic) bond motifs is 1. The van der Waals surface area contributed by atoms with Crippen molar-refractivity contribution in [2.45, 2.75) is 24.8 Å². The van der Waals surface area contributed by atoms with Crippen molar-refractivity contribution in [2.75, 3.05) is 38.6 Å². The van der Waals surface area contributed by atoms with E-state index in [9.17, 15) is 4.79 Å². The quantitative estimate of drug-likeness (QED) is 0.438. The third-order valence-electron chi connectivity index (χ3n) is 6.66. The van der Waals surface area contributed by atoms with E-state index in [0.717, 1.165) is 22.5 Å². The molecule has 2 atom stereocenters. The highest BCUT2D eigenvalue weighted by Gasteiger charge is 2.54. The predicted molar refractivity (Wildman–Crippen MR) is 136 cm³/mol. The molecular weight excluding hydrogens is 452 g/mol. The van der Waals surface area contributed by atoms with Crippen molar-refractivity contribution in [3.05, 3.63) is 76.8 Å². The van der Waals surface area contributed by atoms with E-state index < -0.39 is 11.5 Å². The summed E-state index contributed by atoms with van der Waals surface area (Å²) in [4.78, 5) is 15.7. The summed E-state index contributed by atoms with van der Waals surface area (Å²) in [6.45, 7) is 2.04. The number of carbonyl (C=O) groups excluding carboxylic acids is 1. The third-order valence-corrected chi connectivity index (χ3v) is 6.91. The number of nitrogens with zero attached hydrogens (tertiary/aromatic N) is 1. The second-order valence-corrected chi connectivity index (χ2v) is 8.69. The Kier molecular flexibility index (Phi) is 6.62. The van der Waals surface area contributed by atoms with E-state index in [2.05, 4.69) is 5.32 Å². The SMILES string of the molecule is CC[C@@]1([C@@H](Nc2ccc(Cl)cc2)c2cc(OC)c(OC)c(OC)c2)C(=O)N(C)c2ccccc21. The first-order valence-electron chi connectivity index (χ1n) is 11.1. The first-order valence-corrected chi connectivity index (χ1v) is 11.5. The van der Waals surface area contributed by atoms with E-state index in [1.165, 1.54) is 0 Å². The molecule has 0 aliphatic carbocycles. The van der Waals surface area contributed by atoms with Crippen LogP contribution in [0.1, 0.15) is 30.5 Å². The number of anilines is 2. The van der Waals surface area contributed by atoms with Crippen LogP contribution in [-0.2, 0) is 10.2 Å². The molecule has 0 unspecified atom stereocenters. The Bertz CT molecular complexity index is 1170. The highest BCUT2D eigenvalue weighted by atomic mass is 35.5. The fourth-order valence-corrected chi connectivity index (χ4v) is 5.09. The second-order valence-electron chi connectivity index (χ2n) is 8.25. The van der Waals surface area contributed by atoms with Crippen molar-refractivity contribution in [1.29, 1.82) is 0 Å². The molecule has 1 amide bonds. The molecule has 3 aromatic carbocycles. The maximum Gasteiger partial charge on any atom is 0.239 e. The number of carbonyl (C=O) groups is 1. The monoisotopic (exact) mass is 480 g/mol. The molecular formula is C27H29ClN2O4. The molecule has 1 heterocycles. The number of benzene rings is 3. The van der Waals surface area contributed by atoms with Gasteiger partial charge < -0.3 is 24.4 Å². The summed E-state index contributed by atoms with van der Waals surface area (Å²) in [5.41, 5.74) is 2.70. The number of para-hydroxylation sites is 1.